The predicted octanol–water partition coefficient (Wildman–Crippen LogP) is 2.63. The Bertz CT molecular complexity index is 258. The summed E-state index contributed by atoms with van der Waals surface area (Å²) < 4.78 is 0. The summed E-state index contributed by atoms with van der Waals surface area (Å²) in [7, 11) is 0. The third-order valence-electron chi connectivity index (χ3n) is 1.50. The van der Waals surface area contributed by atoms with Crippen molar-refractivity contribution in [3.05, 3.63) is 47.5 Å². The minimum absolute atomic E-state index is 0.672. The molecule has 0 atom stereocenters. The lowest BCUT2D eigenvalue weighted by Gasteiger charge is -2.01. The summed E-state index contributed by atoms with van der Waals surface area (Å²) in [6.07, 6.45) is 1.77. The molecule has 2 heteroatoms. The Morgan fingerprint density at radius 1 is 1.42 bits per heavy atom. The van der Waals surface area contributed by atoms with Crippen LogP contribution in [-0.2, 0) is 6.54 Å². The van der Waals surface area contributed by atoms with Gasteiger partial charge in [-0.15, -0.1) is 6.58 Å². The van der Waals surface area contributed by atoms with Crippen molar-refractivity contribution in [1.29, 1.82) is 0 Å². The van der Waals surface area contributed by atoms with Crippen LogP contribution in [0.3, 0.4) is 0 Å². The standard InChI is InChI=1S/C10H11ClN/c1-2-7-12-8-9-5-3-4-6-10(9)11/h2-6H,1,7-8H2. The number of benzene rings is 1. The zero-order chi connectivity index (χ0) is 8.81. The summed E-state index contributed by atoms with van der Waals surface area (Å²) in [6, 6.07) is 7.74. The van der Waals surface area contributed by atoms with E-state index in [0.717, 1.165) is 10.6 Å². The minimum Gasteiger partial charge on any atom is -0.233 e. The van der Waals surface area contributed by atoms with Gasteiger partial charge in [-0.2, -0.15) is 0 Å². The van der Waals surface area contributed by atoms with Crippen LogP contribution in [0.2, 0.25) is 5.02 Å². The van der Waals surface area contributed by atoms with Gasteiger partial charge in [0.05, 0.1) is 0 Å². The number of halogens is 1. The van der Waals surface area contributed by atoms with Crippen LogP contribution in [0.5, 0.6) is 0 Å². The molecule has 0 fully saturated rings. The summed E-state index contributed by atoms with van der Waals surface area (Å²) in [6.45, 7) is 4.95. The van der Waals surface area contributed by atoms with Crippen LogP contribution in [-0.4, -0.2) is 6.54 Å². The van der Waals surface area contributed by atoms with Crippen molar-refractivity contribution >= 4 is 11.6 Å². The molecule has 0 bridgehead atoms. The lowest BCUT2D eigenvalue weighted by Crippen LogP contribution is -2.04. The predicted molar refractivity (Wildman–Crippen MR) is 52.4 cm³/mol. The third kappa shape index (κ3) is 2.68. The largest absolute Gasteiger partial charge is 0.233 e. The first kappa shape index (κ1) is 9.30. The van der Waals surface area contributed by atoms with Crippen molar-refractivity contribution in [2.45, 2.75) is 6.54 Å². The number of rotatable bonds is 4. The molecule has 0 aliphatic carbocycles. The van der Waals surface area contributed by atoms with Crippen LogP contribution in [0.15, 0.2) is 36.9 Å². The fourth-order valence-corrected chi connectivity index (χ4v) is 1.10. The van der Waals surface area contributed by atoms with E-state index in [2.05, 4.69) is 11.9 Å². The van der Waals surface area contributed by atoms with Crippen molar-refractivity contribution in [3.8, 4) is 0 Å². The zero-order valence-electron chi connectivity index (χ0n) is 6.83. The smallest absolute Gasteiger partial charge is 0.0451 e. The maximum Gasteiger partial charge on any atom is 0.0451 e. The second-order valence-corrected chi connectivity index (χ2v) is 2.85. The van der Waals surface area contributed by atoms with Crippen molar-refractivity contribution in [3.63, 3.8) is 0 Å². The van der Waals surface area contributed by atoms with Crippen LogP contribution in [0.4, 0.5) is 0 Å². The Morgan fingerprint density at radius 3 is 2.83 bits per heavy atom. The third-order valence-corrected chi connectivity index (χ3v) is 1.87. The van der Waals surface area contributed by atoms with Crippen molar-refractivity contribution in [1.82, 2.24) is 5.32 Å². The minimum atomic E-state index is 0.672. The van der Waals surface area contributed by atoms with Crippen molar-refractivity contribution in [2.24, 2.45) is 0 Å². The zero-order valence-corrected chi connectivity index (χ0v) is 7.59. The summed E-state index contributed by atoms with van der Waals surface area (Å²) in [4.78, 5) is 0. The fraction of sp³-hybridized carbons (Fsp3) is 0.200. The Kier molecular flexibility index (Phi) is 3.85. The highest BCUT2D eigenvalue weighted by atomic mass is 35.5. The van der Waals surface area contributed by atoms with Gasteiger partial charge in [-0.05, 0) is 11.6 Å². The Hall–Kier alpha value is -0.790. The van der Waals surface area contributed by atoms with E-state index in [1.165, 1.54) is 0 Å². The van der Waals surface area contributed by atoms with Gasteiger partial charge in [0, 0.05) is 18.1 Å². The molecule has 0 unspecified atom stereocenters. The molecule has 1 nitrogen and oxygen atoms in total. The van der Waals surface area contributed by atoms with E-state index in [1.54, 1.807) is 6.08 Å². The van der Waals surface area contributed by atoms with Crippen LogP contribution < -0.4 is 5.32 Å². The molecule has 0 N–H and O–H groups in total. The maximum atomic E-state index is 5.92. The van der Waals surface area contributed by atoms with Gasteiger partial charge in [-0.25, -0.2) is 5.32 Å². The van der Waals surface area contributed by atoms with E-state index in [4.69, 9.17) is 11.6 Å². The quantitative estimate of drug-likeness (QED) is 0.500. The first-order valence-corrected chi connectivity index (χ1v) is 4.20. The van der Waals surface area contributed by atoms with E-state index in [9.17, 15) is 0 Å². The molecular weight excluding hydrogens is 170 g/mol. The van der Waals surface area contributed by atoms with Crippen LogP contribution in [0, 0.1) is 0 Å². The Morgan fingerprint density at radius 2 is 2.17 bits per heavy atom. The van der Waals surface area contributed by atoms with Gasteiger partial charge in [0.1, 0.15) is 0 Å². The molecule has 1 aromatic carbocycles. The van der Waals surface area contributed by atoms with Crippen LogP contribution >= 0.6 is 11.6 Å². The average molecular weight is 181 g/mol. The highest BCUT2D eigenvalue weighted by molar-refractivity contribution is 6.31. The molecule has 0 aliphatic rings. The second-order valence-electron chi connectivity index (χ2n) is 2.44. The molecule has 12 heavy (non-hydrogen) atoms. The summed E-state index contributed by atoms with van der Waals surface area (Å²) >= 11 is 5.92. The molecule has 0 spiro atoms. The lowest BCUT2D eigenvalue weighted by atomic mass is 10.2. The molecule has 0 saturated carbocycles. The molecular formula is C10H11ClN. The monoisotopic (exact) mass is 180 g/mol. The highest BCUT2D eigenvalue weighted by Crippen LogP contribution is 2.14. The molecule has 1 radical (unpaired) electrons. The topological polar surface area (TPSA) is 14.1 Å². The van der Waals surface area contributed by atoms with Gasteiger partial charge < -0.3 is 0 Å². The van der Waals surface area contributed by atoms with Gasteiger partial charge in [0.25, 0.3) is 0 Å². The van der Waals surface area contributed by atoms with Gasteiger partial charge in [0.15, 0.2) is 0 Å². The molecule has 1 rings (SSSR count). The molecule has 0 aromatic heterocycles. The summed E-state index contributed by atoms with van der Waals surface area (Å²) in [5, 5.41) is 5.00. The fourth-order valence-electron chi connectivity index (χ4n) is 0.903. The summed E-state index contributed by atoms with van der Waals surface area (Å²) in [5.74, 6) is 0. The van der Waals surface area contributed by atoms with Gasteiger partial charge in [-0.3, -0.25) is 0 Å². The molecule has 0 aliphatic heterocycles. The molecule has 1 aromatic rings. The summed E-state index contributed by atoms with van der Waals surface area (Å²) in [5.41, 5.74) is 1.07. The average Bonchev–Trinajstić information content (AvgIpc) is 2.09. The first-order chi connectivity index (χ1) is 5.84. The van der Waals surface area contributed by atoms with Crippen molar-refractivity contribution in [2.75, 3.05) is 6.54 Å². The van der Waals surface area contributed by atoms with E-state index in [1.807, 2.05) is 24.3 Å². The molecule has 0 saturated heterocycles. The van der Waals surface area contributed by atoms with Gasteiger partial charge in [-0.1, -0.05) is 35.9 Å². The number of nitrogens with zero attached hydrogens (tertiary/aromatic N) is 1. The van der Waals surface area contributed by atoms with E-state index in [0.29, 0.717) is 13.1 Å². The van der Waals surface area contributed by atoms with Crippen LogP contribution in [0.1, 0.15) is 5.56 Å². The van der Waals surface area contributed by atoms with E-state index >= 15 is 0 Å². The lowest BCUT2D eigenvalue weighted by molar-refractivity contribution is 0.743. The number of hydrogen-bond acceptors (Lipinski definition) is 0. The molecule has 0 heterocycles. The van der Waals surface area contributed by atoms with Gasteiger partial charge >= 0.3 is 0 Å². The van der Waals surface area contributed by atoms with E-state index in [-0.39, 0.29) is 0 Å². The Labute approximate surface area is 78.1 Å². The highest BCUT2D eigenvalue weighted by Gasteiger charge is 1.96. The van der Waals surface area contributed by atoms with Crippen LogP contribution in [0.25, 0.3) is 0 Å². The van der Waals surface area contributed by atoms with Crippen molar-refractivity contribution < 1.29 is 0 Å². The SMILES string of the molecule is C=CC[N]Cc1ccccc1Cl. The molecule has 63 valence electrons. The normalized spacial score (nSPS) is 9.75. The van der Waals surface area contributed by atoms with Gasteiger partial charge in [0.2, 0.25) is 0 Å². The first-order valence-electron chi connectivity index (χ1n) is 3.82. The van der Waals surface area contributed by atoms with E-state index < -0.39 is 0 Å². The maximum absolute atomic E-state index is 5.92. The Balaban J connectivity index is 2.51. The second kappa shape index (κ2) is 4.96. The number of hydrogen-bond donors (Lipinski definition) is 0. The molecule has 0 amide bonds.